The van der Waals surface area contributed by atoms with E-state index in [-0.39, 0.29) is 51.9 Å². The molecule has 0 unspecified atom stereocenters. The molecule has 0 aromatic heterocycles. The quantitative estimate of drug-likeness (QED) is 0.139. The monoisotopic (exact) mass is 721 g/mol. The van der Waals surface area contributed by atoms with E-state index in [9.17, 15) is 10.2 Å². The Balaban J connectivity index is 2.16. The van der Waals surface area contributed by atoms with Crippen molar-refractivity contribution in [2.75, 3.05) is 13.7 Å². The van der Waals surface area contributed by atoms with Crippen LogP contribution in [0.25, 0.3) is 0 Å². The van der Waals surface area contributed by atoms with Crippen LogP contribution < -0.4 is 4.74 Å². The fourth-order valence-electron chi connectivity index (χ4n) is 8.55. The van der Waals surface area contributed by atoms with Crippen molar-refractivity contribution in [2.45, 2.75) is 175 Å². The van der Waals surface area contributed by atoms with Gasteiger partial charge in [-0.1, -0.05) is 113 Å². The van der Waals surface area contributed by atoms with Gasteiger partial charge in [-0.25, -0.2) is 0 Å². The third-order valence-electron chi connectivity index (χ3n) is 13.5. The van der Waals surface area contributed by atoms with Crippen molar-refractivity contribution < 1.29 is 28.5 Å². The standard InChI is InChI=1S/C41H76O6Si2/c1-16-17-18-19-20-28(2)34-37(43)36(42)33-35(41(34,10)27-45-26-30-21-23-31(44-11)24-22-30)32(46-48(12,13)39(4,5)6)25-29(3)38(33)47-49(14,15)40(7,8)9/h21-24,28-29,32-38,42-43H,16-20,25-27H2,1-15H3/t28-,29-,32+,33-,34+,35-,36+,37-,38-,41-/m1/s1. The van der Waals surface area contributed by atoms with Gasteiger partial charge in [-0.3, -0.25) is 0 Å². The predicted octanol–water partition coefficient (Wildman–Crippen LogP) is 10.2. The fraction of sp³-hybridized carbons (Fsp3) is 0.854. The van der Waals surface area contributed by atoms with Crippen molar-refractivity contribution in [3.05, 3.63) is 29.8 Å². The van der Waals surface area contributed by atoms with Crippen LogP contribution in [0.3, 0.4) is 0 Å². The molecule has 0 saturated heterocycles. The number of benzene rings is 1. The Morgan fingerprint density at radius 2 is 1.45 bits per heavy atom. The average molecular weight is 721 g/mol. The Morgan fingerprint density at radius 3 is 1.98 bits per heavy atom. The normalized spacial score (nSPS) is 32.1. The SMILES string of the molecule is CCCCCC[C@@H](C)[C@H]1[C@@H](O)[C@@H](O)[C@@H]2[C@H](O[Si](C)(C)C(C)(C)C)[C@H](C)C[C@H](O[Si](C)(C)C(C)(C)C)[C@H]2[C@]1(C)COCc1ccc(OC)cc1. The highest BCUT2D eigenvalue weighted by Crippen LogP contribution is 2.60. The van der Waals surface area contributed by atoms with Crippen molar-refractivity contribution >= 4 is 16.6 Å². The molecule has 284 valence electrons. The maximum Gasteiger partial charge on any atom is 0.192 e. The summed E-state index contributed by atoms with van der Waals surface area (Å²) in [5.74, 6) is 0.776. The van der Waals surface area contributed by atoms with E-state index in [2.05, 4.69) is 108 Å². The van der Waals surface area contributed by atoms with Crippen molar-refractivity contribution in [3.8, 4) is 5.75 Å². The summed E-state index contributed by atoms with van der Waals surface area (Å²) in [7, 11) is -2.73. The van der Waals surface area contributed by atoms with Gasteiger partial charge < -0.3 is 28.5 Å². The largest absolute Gasteiger partial charge is 0.497 e. The summed E-state index contributed by atoms with van der Waals surface area (Å²) in [6.45, 7) is 33.3. The molecule has 0 heterocycles. The fourth-order valence-corrected chi connectivity index (χ4v) is 11.3. The average Bonchev–Trinajstić information content (AvgIpc) is 2.98. The zero-order chi connectivity index (χ0) is 37.2. The maximum absolute atomic E-state index is 12.4. The molecule has 0 bridgehead atoms. The van der Waals surface area contributed by atoms with Crippen LogP contribution >= 0.6 is 0 Å². The molecule has 1 aromatic rings. The minimum absolute atomic E-state index is 0.0231. The van der Waals surface area contributed by atoms with Crippen LogP contribution in [0.15, 0.2) is 24.3 Å². The van der Waals surface area contributed by atoms with E-state index in [0.29, 0.717) is 13.2 Å². The van der Waals surface area contributed by atoms with Crippen LogP contribution in [0.4, 0.5) is 0 Å². The molecular weight excluding hydrogens is 645 g/mol. The van der Waals surface area contributed by atoms with E-state index in [0.717, 1.165) is 30.6 Å². The molecule has 8 heteroatoms. The molecule has 2 saturated carbocycles. The highest BCUT2D eigenvalue weighted by molar-refractivity contribution is 6.74. The first-order valence-electron chi connectivity index (χ1n) is 19.4. The van der Waals surface area contributed by atoms with Gasteiger partial charge in [-0.2, -0.15) is 0 Å². The van der Waals surface area contributed by atoms with Crippen LogP contribution in [0.2, 0.25) is 36.3 Å². The number of ether oxygens (including phenoxy) is 2. The lowest BCUT2D eigenvalue weighted by molar-refractivity contribution is -0.250. The molecule has 2 aliphatic carbocycles. The van der Waals surface area contributed by atoms with Gasteiger partial charge in [-0.15, -0.1) is 0 Å². The van der Waals surface area contributed by atoms with E-state index in [4.69, 9.17) is 18.3 Å². The van der Waals surface area contributed by atoms with Gasteiger partial charge in [0.2, 0.25) is 0 Å². The Labute approximate surface area is 303 Å². The van der Waals surface area contributed by atoms with Gasteiger partial charge in [0.1, 0.15) is 5.75 Å². The zero-order valence-corrected chi connectivity index (χ0v) is 36.2. The van der Waals surface area contributed by atoms with Gasteiger partial charge in [0.05, 0.1) is 38.6 Å². The van der Waals surface area contributed by atoms with Gasteiger partial charge in [0.15, 0.2) is 16.6 Å². The van der Waals surface area contributed by atoms with Crippen LogP contribution in [-0.4, -0.2) is 65.0 Å². The molecule has 10 atom stereocenters. The summed E-state index contributed by atoms with van der Waals surface area (Å²) >= 11 is 0. The Hall–Kier alpha value is -0.746. The van der Waals surface area contributed by atoms with Crippen LogP contribution in [0.1, 0.15) is 113 Å². The molecule has 0 radical (unpaired) electrons. The smallest absolute Gasteiger partial charge is 0.192 e. The van der Waals surface area contributed by atoms with Crippen molar-refractivity contribution in [1.29, 1.82) is 0 Å². The Bertz CT molecular complexity index is 1160. The molecule has 2 fully saturated rings. The van der Waals surface area contributed by atoms with Gasteiger partial charge >= 0.3 is 0 Å². The molecule has 2 aliphatic rings. The molecule has 0 spiro atoms. The second kappa shape index (κ2) is 16.5. The van der Waals surface area contributed by atoms with E-state index < -0.39 is 34.3 Å². The van der Waals surface area contributed by atoms with Crippen molar-refractivity contribution in [3.63, 3.8) is 0 Å². The predicted molar refractivity (Wildman–Crippen MR) is 209 cm³/mol. The lowest BCUT2D eigenvalue weighted by Gasteiger charge is -2.64. The van der Waals surface area contributed by atoms with Crippen molar-refractivity contribution in [2.24, 2.45) is 35.0 Å². The number of hydrogen-bond donors (Lipinski definition) is 2. The topological polar surface area (TPSA) is 77.4 Å². The van der Waals surface area contributed by atoms with Crippen LogP contribution in [0.5, 0.6) is 5.75 Å². The van der Waals surface area contributed by atoms with Gasteiger partial charge in [0, 0.05) is 17.4 Å². The Kier molecular flexibility index (Phi) is 14.4. The summed E-state index contributed by atoms with van der Waals surface area (Å²) in [4.78, 5) is 0. The van der Waals surface area contributed by atoms with E-state index in [1.807, 2.05) is 12.1 Å². The summed E-state index contributed by atoms with van der Waals surface area (Å²) in [6.07, 6.45) is 4.64. The van der Waals surface area contributed by atoms with E-state index in [1.165, 1.54) is 19.3 Å². The first-order valence-corrected chi connectivity index (χ1v) is 25.3. The lowest BCUT2D eigenvalue weighted by Crippen LogP contribution is -2.70. The number of aliphatic hydroxyl groups excluding tert-OH is 2. The number of rotatable bonds is 15. The summed E-state index contributed by atoms with van der Waals surface area (Å²) in [6, 6.07) is 8.08. The number of unbranched alkanes of at least 4 members (excludes halogenated alkanes) is 3. The zero-order valence-electron chi connectivity index (χ0n) is 34.2. The molecule has 3 rings (SSSR count). The van der Waals surface area contributed by atoms with Gasteiger partial charge in [0.25, 0.3) is 0 Å². The molecule has 0 aliphatic heterocycles. The summed E-state index contributed by atoms with van der Waals surface area (Å²) in [5, 5.41) is 24.9. The van der Waals surface area contributed by atoms with Crippen LogP contribution in [0, 0.1) is 35.0 Å². The van der Waals surface area contributed by atoms with Crippen molar-refractivity contribution in [1.82, 2.24) is 0 Å². The minimum Gasteiger partial charge on any atom is -0.497 e. The number of aliphatic hydroxyl groups is 2. The Morgan fingerprint density at radius 1 is 0.878 bits per heavy atom. The first kappa shape index (κ1) is 42.7. The highest BCUT2D eigenvalue weighted by Gasteiger charge is 2.65. The lowest BCUT2D eigenvalue weighted by atomic mass is 9.47. The summed E-state index contributed by atoms with van der Waals surface area (Å²) < 4.78 is 26.9. The van der Waals surface area contributed by atoms with Crippen LogP contribution in [-0.2, 0) is 20.2 Å². The number of methoxy groups -OCH3 is 1. The molecule has 49 heavy (non-hydrogen) atoms. The third-order valence-corrected chi connectivity index (χ3v) is 22.4. The highest BCUT2D eigenvalue weighted by atomic mass is 28.4. The molecular formula is C41H76O6Si2. The number of fused-ring (bicyclic) bond motifs is 1. The first-order chi connectivity index (χ1) is 22.5. The molecule has 6 nitrogen and oxygen atoms in total. The second-order valence-corrected chi connectivity index (χ2v) is 28.8. The third kappa shape index (κ3) is 9.63. The minimum atomic E-state index is -2.22. The number of hydrogen-bond acceptors (Lipinski definition) is 6. The molecule has 2 N–H and O–H groups in total. The summed E-state index contributed by atoms with van der Waals surface area (Å²) in [5.41, 5.74) is 0.634. The molecule has 1 aromatic carbocycles. The van der Waals surface area contributed by atoms with Gasteiger partial charge in [-0.05, 0) is 84.1 Å². The van der Waals surface area contributed by atoms with E-state index >= 15 is 0 Å². The maximum atomic E-state index is 12.4. The molecule has 0 amide bonds. The second-order valence-electron chi connectivity index (χ2n) is 19.3. The van der Waals surface area contributed by atoms with E-state index in [1.54, 1.807) is 7.11 Å².